The number of likely N-dealkylation sites (tertiary alicyclic amines) is 1. The molecule has 1 saturated heterocycles. The lowest BCUT2D eigenvalue weighted by molar-refractivity contribution is -0.156. The van der Waals surface area contributed by atoms with Gasteiger partial charge in [0.1, 0.15) is 6.04 Å². The van der Waals surface area contributed by atoms with Crippen LogP contribution in [0.3, 0.4) is 0 Å². The fraction of sp³-hybridized carbons (Fsp3) is 0.536. The zero-order chi connectivity index (χ0) is 26.2. The van der Waals surface area contributed by atoms with Gasteiger partial charge in [-0.2, -0.15) is 11.8 Å². The number of hydrogen-bond donors (Lipinski definition) is 2. The van der Waals surface area contributed by atoms with E-state index in [9.17, 15) is 14.4 Å². The number of ether oxygens (including phenoxy) is 1. The Hall–Kier alpha value is -2.62. The second-order valence-corrected chi connectivity index (χ2v) is 10.8. The number of fused-ring (bicyclic) bond motifs is 1. The standard InChI is InChI=1S/C28H38N4O4S/c1-36-28(35)25(11-14-37-2)32(30-19-26(33)31-12-5-6-13-31)27(34)18-29-17-23-16-22(20-9-10-20)15-21-7-3-4-8-24(21)23/h3-4,7-8,15-16,20,25,29-30H,5-6,9-14,17-19H2,1-2H3. The SMILES string of the molecule is COC(=O)C(CCSC)N(NCC(=O)N1CCCC1)C(=O)CNCc1cc(C2CC2)cc2ccccc12. The van der Waals surface area contributed by atoms with Crippen LogP contribution < -0.4 is 10.7 Å². The van der Waals surface area contributed by atoms with Crippen LogP contribution in [0, 0.1) is 0 Å². The van der Waals surface area contributed by atoms with Crippen LogP contribution in [0.15, 0.2) is 36.4 Å². The molecular weight excluding hydrogens is 488 g/mol. The van der Waals surface area contributed by atoms with E-state index in [1.54, 1.807) is 16.7 Å². The lowest BCUT2D eigenvalue weighted by Crippen LogP contribution is -2.57. The number of rotatable bonds is 13. The molecule has 0 radical (unpaired) electrons. The molecule has 2 amide bonds. The van der Waals surface area contributed by atoms with Crippen molar-refractivity contribution in [2.45, 2.75) is 50.6 Å². The lowest BCUT2D eigenvalue weighted by atomic mass is 9.98. The van der Waals surface area contributed by atoms with Gasteiger partial charge in [0, 0.05) is 19.6 Å². The normalized spacial score (nSPS) is 16.1. The van der Waals surface area contributed by atoms with Crippen LogP contribution in [0.1, 0.15) is 49.1 Å². The second kappa shape index (κ2) is 13.3. The Morgan fingerprint density at radius 1 is 1.14 bits per heavy atom. The smallest absolute Gasteiger partial charge is 0.330 e. The molecule has 8 nitrogen and oxygen atoms in total. The number of esters is 1. The van der Waals surface area contributed by atoms with E-state index in [1.165, 1.54) is 41.3 Å². The Morgan fingerprint density at radius 3 is 2.59 bits per heavy atom. The summed E-state index contributed by atoms with van der Waals surface area (Å²) in [4.78, 5) is 40.5. The highest BCUT2D eigenvalue weighted by Crippen LogP contribution is 2.41. The molecule has 2 aromatic rings. The average Bonchev–Trinajstić information content (AvgIpc) is 3.63. The van der Waals surface area contributed by atoms with Crippen molar-refractivity contribution in [3.05, 3.63) is 47.5 Å². The number of benzene rings is 2. The molecule has 1 saturated carbocycles. The summed E-state index contributed by atoms with van der Waals surface area (Å²) in [5.41, 5.74) is 5.48. The predicted molar refractivity (Wildman–Crippen MR) is 147 cm³/mol. The highest BCUT2D eigenvalue weighted by Gasteiger charge is 2.31. The zero-order valence-corrected chi connectivity index (χ0v) is 22.6. The van der Waals surface area contributed by atoms with E-state index in [1.807, 2.05) is 18.4 Å². The molecule has 2 fully saturated rings. The molecule has 37 heavy (non-hydrogen) atoms. The first-order valence-corrected chi connectivity index (χ1v) is 14.5. The summed E-state index contributed by atoms with van der Waals surface area (Å²) < 4.78 is 5.01. The van der Waals surface area contributed by atoms with Gasteiger partial charge in [0.25, 0.3) is 5.91 Å². The van der Waals surface area contributed by atoms with E-state index in [-0.39, 0.29) is 24.9 Å². The van der Waals surface area contributed by atoms with Gasteiger partial charge in [-0.3, -0.25) is 14.6 Å². The molecule has 4 rings (SSSR count). The fourth-order valence-electron chi connectivity index (χ4n) is 4.92. The highest BCUT2D eigenvalue weighted by molar-refractivity contribution is 7.98. The summed E-state index contributed by atoms with van der Waals surface area (Å²) in [5, 5.41) is 6.98. The molecule has 1 aliphatic carbocycles. The van der Waals surface area contributed by atoms with Crippen LogP contribution in [-0.2, 0) is 25.7 Å². The summed E-state index contributed by atoms with van der Waals surface area (Å²) in [6, 6.07) is 12.0. The average molecular weight is 527 g/mol. The van der Waals surface area contributed by atoms with Crippen molar-refractivity contribution in [2.24, 2.45) is 0 Å². The van der Waals surface area contributed by atoms with E-state index in [4.69, 9.17) is 4.74 Å². The van der Waals surface area contributed by atoms with Crippen LogP contribution in [0.2, 0.25) is 0 Å². The molecule has 2 N–H and O–H groups in total. The summed E-state index contributed by atoms with van der Waals surface area (Å²) in [5.74, 6) is 0.453. The molecule has 1 atom stereocenters. The Bertz CT molecular complexity index is 1100. The number of amides is 2. The molecule has 0 spiro atoms. The quantitative estimate of drug-likeness (QED) is 0.306. The minimum atomic E-state index is -0.808. The zero-order valence-electron chi connectivity index (χ0n) is 21.8. The van der Waals surface area contributed by atoms with Crippen LogP contribution in [0.4, 0.5) is 0 Å². The number of nitrogens with zero attached hydrogens (tertiary/aromatic N) is 2. The maximum Gasteiger partial charge on any atom is 0.330 e. The Morgan fingerprint density at radius 2 is 1.89 bits per heavy atom. The van der Waals surface area contributed by atoms with Gasteiger partial charge in [-0.15, -0.1) is 0 Å². The van der Waals surface area contributed by atoms with Gasteiger partial charge in [0.2, 0.25) is 5.91 Å². The Balaban J connectivity index is 1.45. The Kier molecular flexibility index (Phi) is 9.82. The second-order valence-electron chi connectivity index (χ2n) is 9.79. The minimum absolute atomic E-state index is 0.0274. The number of thioether (sulfide) groups is 1. The Labute approximate surface area is 223 Å². The molecule has 1 heterocycles. The maximum atomic E-state index is 13.4. The van der Waals surface area contributed by atoms with Gasteiger partial charge in [0.15, 0.2) is 0 Å². The summed E-state index contributed by atoms with van der Waals surface area (Å²) in [6.07, 6.45) is 6.82. The van der Waals surface area contributed by atoms with E-state index < -0.39 is 12.0 Å². The van der Waals surface area contributed by atoms with E-state index in [2.05, 4.69) is 35.0 Å². The monoisotopic (exact) mass is 526 g/mol. The van der Waals surface area contributed by atoms with Gasteiger partial charge in [-0.25, -0.2) is 10.2 Å². The van der Waals surface area contributed by atoms with Crippen LogP contribution in [0.25, 0.3) is 10.8 Å². The van der Waals surface area contributed by atoms with Crippen molar-refractivity contribution >= 4 is 40.3 Å². The molecule has 0 aromatic heterocycles. The van der Waals surface area contributed by atoms with Crippen molar-refractivity contribution in [3.8, 4) is 0 Å². The molecule has 1 unspecified atom stereocenters. The number of carbonyl (C=O) groups is 3. The van der Waals surface area contributed by atoms with Crippen molar-refractivity contribution in [3.63, 3.8) is 0 Å². The first-order valence-electron chi connectivity index (χ1n) is 13.1. The highest BCUT2D eigenvalue weighted by atomic mass is 32.2. The summed E-state index contributed by atoms with van der Waals surface area (Å²) >= 11 is 1.59. The fourth-order valence-corrected chi connectivity index (χ4v) is 5.38. The number of nitrogens with one attached hydrogen (secondary N) is 2. The number of hydrogen-bond acceptors (Lipinski definition) is 7. The van der Waals surface area contributed by atoms with Crippen molar-refractivity contribution in [1.29, 1.82) is 0 Å². The van der Waals surface area contributed by atoms with Crippen molar-refractivity contribution in [1.82, 2.24) is 20.7 Å². The third-order valence-corrected chi connectivity index (χ3v) is 7.76. The van der Waals surface area contributed by atoms with Crippen LogP contribution >= 0.6 is 11.8 Å². The van der Waals surface area contributed by atoms with Gasteiger partial charge in [0.05, 0.1) is 20.2 Å². The third kappa shape index (κ3) is 7.24. The van der Waals surface area contributed by atoms with Gasteiger partial charge >= 0.3 is 5.97 Å². The van der Waals surface area contributed by atoms with Gasteiger partial charge in [-0.1, -0.05) is 36.4 Å². The molecule has 200 valence electrons. The molecule has 2 aromatic carbocycles. The number of methoxy groups -OCH3 is 1. The first kappa shape index (κ1) is 27.4. The predicted octanol–water partition coefficient (Wildman–Crippen LogP) is 3.06. The maximum absolute atomic E-state index is 13.4. The largest absolute Gasteiger partial charge is 0.467 e. The van der Waals surface area contributed by atoms with E-state index in [0.29, 0.717) is 24.6 Å². The lowest BCUT2D eigenvalue weighted by Gasteiger charge is -2.31. The molecule has 1 aliphatic heterocycles. The van der Waals surface area contributed by atoms with E-state index in [0.717, 1.165) is 31.5 Å². The summed E-state index contributed by atoms with van der Waals surface area (Å²) in [6.45, 7) is 1.99. The number of hydrazine groups is 1. The van der Waals surface area contributed by atoms with Crippen LogP contribution in [0.5, 0.6) is 0 Å². The van der Waals surface area contributed by atoms with Crippen molar-refractivity contribution < 1.29 is 19.1 Å². The summed E-state index contributed by atoms with van der Waals surface area (Å²) in [7, 11) is 1.32. The van der Waals surface area contributed by atoms with Crippen LogP contribution in [-0.4, -0.2) is 79.0 Å². The number of carbonyl (C=O) groups excluding carboxylic acids is 3. The van der Waals surface area contributed by atoms with Gasteiger partial charge < -0.3 is 15.0 Å². The topological polar surface area (TPSA) is 91.0 Å². The van der Waals surface area contributed by atoms with E-state index >= 15 is 0 Å². The first-order chi connectivity index (χ1) is 18.0. The molecule has 0 bridgehead atoms. The molecule has 9 heteroatoms. The third-order valence-electron chi connectivity index (χ3n) is 7.12. The molecular formula is C28H38N4O4S. The van der Waals surface area contributed by atoms with Crippen molar-refractivity contribution in [2.75, 3.05) is 45.3 Å². The van der Waals surface area contributed by atoms with Gasteiger partial charge in [-0.05, 0) is 71.9 Å². The molecule has 2 aliphatic rings. The minimum Gasteiger partial charge on any atom is -0.467 e.